The van der Waals surface area contributed by atoms with E-state index in [2.05, 4.69) is 52.5 Å². The Labute approximate surface area is 128 Å². The largest absolute Gasteiger partial charge is 0.354 e. The summed E-state index contributed by atoms with van der Waals surface area (Å²) in [6.07, 6.45) is 0. The minimum Gasteiger partial charge on any atom is -0.354 e. The fourth-order valence-corrected chi connectivity index (χ4v) is 2.99. The van der Waals surface area contributed by atoms with E-state index in [0.29, 0.717) is 5.95 Å². The molecule has 0 spiro atoms. The Balaban J connectivity index is 2.04. The number of aromatic nitrogens is 2. The van der Waals surface area contributed by atoms with Gasteiger partial charge in [0.05, 0.1) is 5.52 Å². The predicted octanol–water partition coefficient (Wildman–Crippen LogP) is 4.52. The van der Waals surface area contributed by atoms with Gasteiger partial charge >= 0.3 is 0 Å². The van der Waals surface area contributed by atoms with Crippen LogP contribution in [0, 0.1) is 6.92 Å². The summed E-state index contributed by atoms with van der Waals surface area (Å²) in [5, 5.41) is 5.27. The van der Waals surface area contributed by atoms with Crippen LogP contribution in [0.5, 0.6) is 0 Å². The molecule has 1 N–H and O–H groups in total. The second kappa shape index (κ2) is 6.14. The van der Waals surface area contributed by atoms with E-state index in [9.17, 15) is 0 Å². The minimum atomic E-state index is 0.686. The quantitative estimate of drug-likeness (QED) is 0.718. The Bertz CT molecular complexity index is 754. The summed E-state index contributed by atoms with van der Waals surface area (Å²) in [6, 6.07) is 16.6. The lowest BCUT2D eigenvalue weighted by Gasteiger charge is -2.09. The first kappa shape index (κ1) is 13.9. The molecule has 0 radical (unpaired) electrons. The molecular weight excluding hydrogens is 278 g/mol. The molecule has 1 heterocycles. The molecule has 3 aromatic rings. The van der Waals surface area contributed by atoms with Gasteiger partial charge < -0.3 is 5.32 Å². The summed E-state index contributed by atoms with van der Waals surface area (Å²) < 4.78 is 0. The third kappa shape index (κ3) is 3.16. The van der Waals surface area contributed by atoms with Crippen molar-refractivity contribution in [1.82, 2.24) is 9.97 Å². The molecule has 3 nitrogen and oxygen atoms in total. The molecule has 0 unspecified atom stereocenters. The zero-order chi connectivity index (χ0) is 14.7. The van der Waals surface area contributed by atoms with E-state index in [0.717, 1.165) is 22.5 Å². The predicted molar refractivity (Wildman–Crippen MR) is 89.0 cm³/mol. The number of benzene rings is 2. The Morgan fingerprint density at radius 1 is 1.00 bits per heavy atom. The number of aryl methyl sites for hydroxylation is 1. The van der Waals surface area contributed by atoms with Crippen LogP contribution in [0.2, 0.25) is 0 Å². The van der Waals surface area contributed by atoms with Gasteiger partial charge in [-0.05, 0) is 32.0 Å². The van der Waals surface area contributed by atoms with Gasteiger partial charge in [0, 0.05) is 16.8 Å². The first-order valence-corrected chi connectivity index (χ1v) is 7.83. The average Bonchev–Trinajstić information content (AvgIpc) is 2.50. The van der Waals surface area contributed by atoms with Crippen molar-refractivity contribution < 1.29 is 0 Å². The van der Waals surface area contributed by atoms with Crippen molar-refractivity contribution in [2.75, 3.05) is 11.9 Å². The Kier molecular flexibility index (Phi) is 4.06. The van der Waals surface area contributed by atoms with Crippen molar-refractivity contribution >= 4 is 28.6 Å². The maximum atomic E-state index is 4.65. The van der Waals surface area contributed by atoms with Crippen LogP contribution in [0.1, 0.15) is 12.5 Å². The summed E-state index contributed by atoms with van der Waals surface area (Å²) >= 11 is 1.67. The van der Waals surface area contributed by atoms with Crippen LogP contribution in [0.25, 0.3) is 10.9 Å². The van der Waals surface area contributed by atoms with Gasteiger partial charge in [-0.2, -0.15) is 0 Å². The summed E-state index contributed by atoms with van der Waals surface area (Å²) in [6.45, 7) is 4.95. The molecule has 0 atom stereocenters. The Hall–Kier alpha value is -2.07. The minimum absolute atomic E-state index is 0.686. The number of anilines is 1. The van der Waals surface area contributed by atoms with Crippen LogP contribution >= 0.6 is 11.8 Å². The van der Waals surface area contributed by atoms with Gasteiger partial charge in [-0.1, -0.05) is 47.7 Å². The van der Waals surface area contributed by atoms with E-state index in [1.165, 1.54) is 10.5 Å². The summed E-state index contributed by atoms with van der Waals surface area (Å²) in [5.74, 6) is 0.686. The summed E-state index contributed by atoms with van der Waals surface area (Å²) in [7, 11) is 0. The van der Waals surface area contributed by atoms with Gasteiger partial charge in [0.25, 0.3) is 0 Å². The van der Waals surface area contributed by atoms with Gasteiger partial charge in [0.2, 0.25) is 5.95 Å². The van der Waals surface area contributed by atoms with Crippen LogP contribution in [-0.2, 0) is 0 Å². The highest BCUT2D eigenvalue weighted by molar-refractivity contribution is 7.99. The Morgan fingerprint density at radius 2 is 1.76 bits per heavy atom. The smallest absolute Gasteiger partial charge is 0.224 e. The van der Waals surface area contributed by atoms with Gasteiger partial charge in [-0.25, -0.2) is 9.97 Å². The molecule has 21 heavy (non-hydrogen) atoms. The van der Waals surface area contributed by atoms with Gasteiger partial charge in [-0.3, -0.25) is 0 Å². The molecule has 0 fully saturated rings. The molecule has 2 aromatic carbocycles. The summed E-state index contributed by atoms with van der Waals surface area (Å²) in [4.78, 5) is 10.4. The molecule has 3 rings (SSSR count). The monoisotopic (exact) mass is 295 g/mol. The number of para-hydroxylation sites is 1. The van der Waals surface area contributed by atoms with E-state index >= 15 is 0 Å². The summed E-state index contributed by atoms with van der Waals surface area (Å²) in [5.41, 5.74) is 2.23. The zero-order valence-corrected chi connectivity index (χ0v) is 12.9. The van der Waals surface area contributed by atoms with Crippen molar-refractivity contribution in [3.8, 4) is 0 Å². The SMILES string of the molecule is CCNc1nc(Sc2ccc(C)cc2)c2ccccc2n1. The number of rotatable bonds is 4. The van der Waals surface area contributed by atoms with Crippen LogP contribution in [-0.4, -0.2) is 16.5 Å². The highest BCUT2D eigenvalue weighted by atomic mass is 32.2. The number of nitrogens with one attached hydrogen (secondary N) is 1. The topological polar surface area (TPSA) is 37.8 Å². The fourth-order valence-electron chi connectivity index (χ4n) is 2.08. The molecule has 0 saturated heterocycles. The first-order valence-electron chi connectivity index (χ1n) is 7.01. The maximum absolute atomic E-state index is 4.65. The molecular formula is C17H17N3S. The molecule has 0 bridgehead atoms. The van der Waals surface area contributed by atoms with E-state index in [1.807, 2.05) is 25.1 Å². The van der Waals surface area contributed by atoms with Crippen LogP contribution in [0.15, 0.2) is 58.5 Å². The second-order valence-corrected chi connectivity index (χ2v) is 5.88. The van der Waals surface area contributed by atoms with Crippen molar-refractivity contribution in [3.63, 3.8) is 0 Å². The second-order valence-electron chi connectivity index (χ2n) is 4.81. The lowest BCUT2D eigenvalue weighted by atomic mass is 10.2. The van der Waals surface area contributed by atoms with Crippen molar-refractivity contribution in [2.24, 2.45) is 0 Å². The lowest BCUT2D eigenvalue weighted by molar-refractivity contribution is 1.05. The number of nitrogens with zero attached hydrogens (tertiary/aromatic N) is 2. The highest BCUT2D eigenvalue weighted by Crippen LogP contribution is 2.32. The lowest BCUT2D eigenvalue weighted by Crippen LogP contribution is -2.03. The molecule has 0 aliphatic rings. The van der Waals surface area contributed by atoms with E-state index in [4.69, 9.17) is 0 Å². The third-order valence-electron chi connectivity index (χ3n) is 3.14. The zero-order valence-electron chi connectivity index (χ0n) is 12.1. The number of hydrogen-bond donors (Lipinski definition) is 1. The van der Waals surface area contributed by atoms with Gasteiger partial charge in [0.1, 0.15) is 5.03 Å². The maximum Gasteiger partial charge on any atom is 0.224 e. The van der Waals surface area contributed by atoms with Crippen molar-refractivity contribution in [3.05, 3.63) is 54.1 Å². The third-order valence-corrected chi connectivity index (χ3v) is 4.15. The normalized spacial score (nSPS) is 10.8. The van der Waals surface area contributed by atoms with Crippen molar-refractivity contribution in [2.45, 2.75) is 23.8 Å². The van der Waals surface area contributed by atoms with E-state index in [-0.39, 0.29) is 0 Å². The van der Waals surface area contributed by atoms with E-state index < -0.39 is 0 Å². The number of hydrogen-bond acceptors (Lipinski definition) is 4. The standard InChI is InChI=1S/C17H17N3S/c1-3-18-17-19-15-7-5-4-6-14(15)16(20-17)21-13-10-8-12(2)9-11-13/h4-11H,3H2,1-2H3,(H,18,19,20). The fraction of sp³-hybridized carbons (Fsp3) is 0.176. The van der Waals surface area contributed by atoms with Crippen molar-refractivity contribution in [1.29, 1.82) is 0 Å². The molecule has 0 amide bonds. The molecule has 1 aromatic heterocycles. The van der Waals surface area contributed by atoms with Crippen LogP contribution < -0.4 is 5.32 Å². The molecule has 0 saturated carbocycles. The molecule has 0 aliphatic carbocycles. The van der Waals surface area contributed by atoms with Gasteiger partial charge in [-0.15, -0.1) is 0 Å². The van der Waals surface area contributed by atoms with Crippen LogP contribution in [0.3, 0.4) is 0 Å². The highest BCUT2D eigenvalue weighted by Gasteiger charge is 2.08. The van der Waals surface area contributed by atoms with Crippen LogP contribution in [0.4, 0.5) is 5.95 Å². The average molecular weight is 295 g/mol. The molecule has 106 valence electrons. The first-order chi connectivity index (χ1) is 10.3. The number of fused-ring (bicyclic) bond motifs is 1. The molecule has 4 heteroatoms. The van der Waals surface area contributed by atoms with Gasteiger partial charge in [0.15, 0.2) is 0 Å². The van der Waals surface area contributed by atoms with E-state index in [1.54, 1.807) is 11.8 Å². The Morgan fingerprint density at radius 3 is 2.52 bits per heavy atom. The molecule has 0 aliphatic heterocycles.